The maximum absolute atomic E-state index is 15.2. The van der Waals surface area contributed by atoms with E-state index in [1.54, 1.807) is 60.7 Å². The van der Waals surface area contributed by atoms with Crippen LogP contribution in [0.1, 0.15) is 32.5 Å². The van der Waals surface area contributed by atoms with Gasteiger partial charge in [-0.1, -0.05) is 66.7 Å². The standard InChI is InChI=1S/C30H31F2N3O6Si/c1-42(2,3)33-27-22(23(37)16-14-20-10-6-4-7-11-20)18-34(28-30(31,32)26(39)24(19-36)41-28)29(40)35(27)25(38)17-15-21-12-8-5-9-13-21/h4-18,24,26,28,36,39H,19H2,1-3H3/t24-,26-,28-/m1/s1. The summed E-state index contributed by atoms with van der Waals surface area (Å²) in [6, 6.07) is 17.6. The third-order valence-electron chi connectivity index (χ3n) is 6.32. The summed E-state index contributed by atoms with van der Waals surface area (Å²) in [6.07, 6.45) is -0.480. The van der Waals surface area contributed by atoms with Gasteiger partial charge in [0.15, 0.2) is 20.1 Å². The van der Waals surface area contributed by atoms with Crippen molar-refractivity contribution in [3.8, 4) is 0 Å². The number of hydrogen-bond acceptors (Lipinski definition) is 7. The SMILES string of the molecule is C[Si](C)(C)N=c1c(C(=O)C=Cc2ccccc2)cn([C@@H]2O[C@H](CO)[C@@H](O)C2(F)F)c(=O)n1C(=O)C=Cc1ccccc1. The Bertz CT molecular complexity index is 1640. The third kappa shape index (κ3) is 6.68. The fourth-order valence-corrected chi connectivity index (χ4v) is 5.15. The minimum Gasteiger partial charge on any atom is -0.394 e. The number of benzene rings is 2. The van der Waals surface area contributed by atoms with E-state index in [1.165, 1.54) is 18.2 Å². The zero-order valence-corrected chi connectivity index (χ0v) is 24.2. The van der Waals surface area contributed by atoms with Crippen molar-refractivity contribution < 1.29 is 33.3 Å². The topological polar surface area (TPSA) is 123 Å². The molecule has 1 aliphatic heterocycles. The second-order valence-corrected chi connectivity index (χ2v) is 15.3. The largest absolute Gasteiger partial charge is 0.394 e. The van der Waals surface area contributed by atoms with Crippen LogP contribution in [0.25, 0.3) is 12.2 Å². The van der Waals surface area contributed by atoms with Crippen LogP contribution in [0.2, 0.25) is 19.6 Å². The lowest BCUT2D eigenvalue weighted by Crippen LogP contribution is -2.50. The van der Waals surface area contributed by atoms with Gasteiger partial charge in [0.1, 0.15) is 11.6 Å². The lowest BCUT2D eigenvalue weighted by Gasteiger charge is -2.23. The van der Waals surface area contributed by atoms with Crippen molar-refractivity contribution in [3.05, 3.63) is 112 Å². The van der Waals surface area contributed by atoms with Gasteiger partial charge in [-0.25, -0.2) is 9.36 Å². The molecule has 0 unspecified atom stereocenters. The number of alkyl halides is 2. The highest BCUT2D eigenvalue weighted by atomic mass is 28.3. The minimum absolute atomic E-state index is 0.276. The molecule has 0 spiro atoms. The molecule has 42 heavy (non-hydrogen) atoms. The van der Waals surface area contributed by atoms with Gasteiger partial charge in [0.2, 0.25) is 6.23 Å². The summed E-state index contributed by atoms with van der Waals surface area (Å²) >= 11 is 0. The summed E-state index contributed by atoms with van der Waals surface area (Å²) in [5, 5.41) is 19.6. The molecule has 1 aromatic heterocycles. The highest BCUT2D eigenvalue weighted by Gasteiger charge is 2.59. The molecule has 12 heteroatoms. The molecule has 9 nitrogen and oxygen atoms in total. The Morgan fingerprint density at radius 2 is 1.55 bits per heavy atom. The molecule has 0 radical (unpaired) electrons. The number of carbonyl (C=O) groups excluding carboxylic acids is 2. The van der Waals surface area contributed by atoms with E-state index in [2.05, 4.69) is 4.66 Å². The number of ether oxygens (including phenoxy) is 1. The number of nitrogens with zero attached hydrogens (tertiary/aromatic N) is 3. The van der Waals surface area contributed by atoms with Gasteiger partial charge < -0.3 is 19.6 Å². The van der Waals surface area contributed by atoms with Crippen LogP contribution in [0, 0.1) is 0 Å². The molecule has 3 aromatic rings. The summed E-state index contributed by atoms with van der Waals surface area (Å²) in [4.78, 5) is 41.0. The first-order valence-corrected chi connectivity index (χ1v) is 16.6. The molecular formula is C30H31F2N3O6Si. The molecule has 0 aliphatic carbocycles. The Labute approximate surface area is 241 Å². The summed E-state index contributed by atoms with van der Waals surface area (Å²) in [5.41, 5.74) is -0.521. The van der Waals surface area contributed by atoms with Crippen molar-refractivity contribution in [1.82, 2.24) is 9.13 Å². The average Bonchev–Trinajstić information content (AvgIpc) is 3.18. The van der Waals surface area contributed by atoms with E-state index in [9.17, 15) is 24.6 Å². The van der Waals surface area contributed by atoms with Crippen molar-refractivity contribution in [3.63, 3.8) is 0 Å². The molecule has 0 saturated carbocycles. The normalized spacial score (nSPS) is 20.9. The Morgan fingerprint density at radius 3 is 2.05 bits per heavy atom. The summed E-state index contributed by atoms with van der Waals surface area (Å²) in [5.74, 6) is -5.69. The van der Waals surface area contributed by atoms with Crippen molar-refractivity contribution in [2.45, 2.75) is 44.0 Å². The first kappa shape index (κ1) is 30.8. The quantitative estimate of drug-likeness (QED) is 0.233. The molecule has 0 amide bonds. The van der Waals surface area contributed by atoms with Crippen LogP contribution in [0.5, 0.6) is 0 Å². The van der Waals surface area contributed by atoms with E-state index >= 15 is 8.78 Å². The molecule has 1 aliphatic rings. The third-order valence-corrected chi connectivity index (χ3v) is 7.20. The lowest BCUT2D eigenvalue weighted by molar-refractivity contribution is -0.141. The maximum Gasteiger partial charge on any atom is 0.339 e. The summed E-state index contributed by atoms with van der Waals surface area (Å²) in [7, 11) is -2.50. The van der Waals surface area contributed by atoms with Gasteiger partial charge in [0.05, 0.1) is 12.2 Å². The summed E-state index contributed by atoms with van der Waals surface area (Å²) in [6.45, 7) is 4.50. The van der Waals surface area contributed by atoms with Gasteiger partial charge >= 0.3 is 11.6 Å². The highest BCUT2D eigenvalue weighted by molar-refractivity contribution is 6.74. The number of allylic oxidation sites excluding steroid dienone is 2. The fourth-order valence-electron chi connectivity index (χ4n) is 4.30. The number of rotatable bonds is 8. The van der Waals surface area contributed by atoms with E-state index in [4.69, 9.17) is 4.74 Å². The van der Waals surface area contributed by atoms with E-state index in [-0.39, 0.29) is 11.1 Å². The minimum atomic E-state index is -4.05. The molecule has 0 bridgehead atoms. The van der Waals surface area contributed by atoms with Crippen LogP contribution in [-0.2, 0) is 4.74 Å². The van der Waals surface area contributed by atoms with Crippen LogP contribution >= 0.6 is 0 Å². The molecule has 4 rings (SSSR count). The predicted octanol–water partition coefficient (Wildman–Crippen LogP) is 3.52. The van der Waals surface area contributed by atoms with Crippen molar-refractivity contribution >= 4 is 32.1 Å². The van der Waals surface area contributed by atoms with E-state index in [1.807, 2.05) is 19.6 Å². The van der Waals surface area contributed by atoms with Crippen molar-refractivity contribution in [1.29, 1.82) is 0 Å². The second-order valence-electron chi connectivity index (χ2n) is 10.7. The van der Waals surface area contributed by atoms with Crippen molar-refractivity contribution in [2.24, 2.45) is 4.66 Å². The lowest BCUT2D eigenvalue weighted by atomic mass is 10.1. The number of aliphatic hydroxyl groups excluding tert-OH is 2. The predicted molar refractivity (Wildman–Crippen MR) is 155 cm³/mol. The smallest absolute Gasteiger partial charge is 0.339 e. The molecule has 220 valence electrons. The Hall–Kier alpha value is -4.10. The Balaban J connectivity index is 1.99. The second kappa shape index (κ2) is 12.4. The van der Waals surface area contributed by atoms with Gasteiger partial charge in [-0.15, -0.1) is 0 Å². The monoisotopic (exact) mass is 595 g/mol. The van der Waals surface area contributed by atoms with Gasteiger partial charge in [-0.2, -0.15) is 8.78 Å². The van der Waals surface area contributed by atoms with Crippen LogP contribution in [0.4, 0.5) is 8.78 Å². The number of carbonyl (C=O) groups is 2. The molecular weight excluding hydrogens is 564 g/mol. The van der Waals surface area contributed by atoms with E-state index < -0.39 is 56.6 Å². The maximum atomic E-state index is 15.2. The number of hydrogen-bond donors (Lipinski definition) is 2. The van der Waals surface area contributed by atoms with Gasteiger partial charge in [-0.05, 0) is 42.9 Å². The van der Waals surface area contributed by atoms with E-state index in [0.29, 0.717) is 20.3 Å². The van der Waals surface area contributed by atoms with Gasteiger partial charge in [-0.3, -0.25) is 14.2 Å². The molecule has 3 atom stereocenters. The zero-order chi connectivity index (χ0) is 30.7. The molecule has 2 N–H and O–H groups in total. The van der Waals surface area contributed by atoms with Gasteiger partial charge in [0.25, 0.3) is 5.91 Å². The Kier molecular flexibility index (Phi) is 9.11. The number of aromatic nitrogens is 2. The molecule has 1 saturated heterocycles. The highest BCUT2D eigenvalue weighted by Crippen LogP contribution is 2.42. The first-order valence-electron chi connectivity index (χ1n) is 13.1. The van der Waals surface area contributed by atoms with Crippen molar-refractivity contribution in [2.75, 3.05) is 6.61 Å². The first-order chi connectivity index (χ1) is 19.8. The number of ketones is 1. The average molecular weight is 596 g/mol. The summed E-state index contributed by atoms with van der Waals surface area (Å²) < 4.78 is 41.2. The molecule has 1 fully saturated rings. The number of halogens is 2. The van der Waals surface area contributed by atoms with Crippen LogP contribution < -0.4 is 11.2 Å². The van der Waals surface area contributed by atoms with Crippen LogP contribution in [0.3, 0.4) is 0 Å². The van der Waals surface area contributed by atoms with E-state index in [0.717, 1.165) is 12.3 Å². The fraction of sp³-hybridized carbons (Fsp3) is 0.267. The molecule has 2 aromatic carbocycles. The Morgan fingerprint density at radius 1 is 1.00 bits per heavy atom. The van der Waals surface area contributed by atoms with Crippen LogP contribution in [0.15, 0.2) is 88.5 Å². The zero-order valence-electron chi connectivity index (χ0n) is 23.2. The number of aliphatic hydroxyl groups is 2. The molecule has 2 heterocycles. The van der Waals surface area contributed by atoms with Gasteiger partial charge in [0, 0.05) is 12.3 Å². The van der Waals surface area contributed by atoms with Crippen LogP contribution in [-0.4, -0.2) is 64.0 Å².